The molecule has 0 fully saturated rings. The van der Waals surface area contributed by atoms with E-state index in [4.69, 9.17) is 5.02 Å². The van der Waals surface area contributed by atoms with Crippen LogP contribution in [0.25, 0.3) is 0 Å². The molecule has 0 spiro atoms. The van der Waals surface area contributed by atoms with Gasteiger partial charge in [-0.05, 0) is 17.7 Å². The molecule has 0 heterocycles. The molecule has 67 valence electrons. The van der Waals surface area contributed by atoms with E-state index in [1.807, 2.05) is 0 Å². The van der Waals surface area contributed by atoms with Crippen molar-refractivity contribution in [3.63, 3.8) is 0 Å². The third kappa shape index (κ3) is 2.85. The maximum atomic E-state index is 10.3. The molecule has 0 saturated carbocycles. The molecule has 0 aliphatic rings. The Morgan fingerprint density at radius 2 is 2.08 bits per heavy atom. The number of nitrogens with zero attached hydrogens (tertiary/aromatic N) is 1. The number of hydrogen-bond acceptors (Lipinski definition) is 4. The lowest BCUT2D eigenvalue weighted by molar-refractivity contribution is -0.384. The molecule has 0 amide bonds. The first kappa shape index (κ1) is 9.69. The second-order valence-corrected chi connectivity index (χ2v) is 2.34. The average Bonchev–Trinajstić information content (AvgIpc) is 2.15. The van der Waals surface area contributed by atoms with Gasteiger partial charge in [-0.25, -0.2) is 0 Å². The van der Waals surface area contributed by atoms with E-state index in [9.17, 15) is 10.1 Å². The summed E-state index contributed by atoms with van der Waals surface area (Å²) in [5, 5.41) is 18.5. The predicted octanol–water partition coefficient (Wildman–Crippen LogP) is 0.638. The van der Waals surface area contributed by atoms with Gasteiger partial charge in [0.15, 0.2) is 0 Å². The van der Waals surface area contributed by atoms with Crippen LogP contribution in [0.4, 0.5) is 5.69 Å². The highest BCUT2D eigenvalue weighted by molar-refractivity contribution is 6.15. The molecule has 1 radical (unpaired) electrons. The SMILES string of the molecule is O=[N+]([O-])c1ccc(CO[B]O)cc1. The second-order valence-electron chi connectivity index (χ2n) is 2.34. The summed E-state index contributed by atoms with van der Waals surface area (Å²) in [6.45, 7) is 0.203. The molecule has 0 aliphatic heterocycles. The van der Waals surface area contributed by atoms with Crippen molar-refractivity contribution in [1.29, 1.82) is 0 Å². The molecule has 0 atom stereocenters. The highest BCUT2D eigenvalue weighted by Gasteiger charge is 2.03. The zero-order chi connectivity index (χ0) is 9.68. The van der Waals surface area contributed by atoms with Gasteiger partial charge < -0.3 is 9.68 Å². The van der Waals surface area contributed by atoms with Crippen molar-refractivity contribution in [2.24, 2.45) is 0 Å². The fraction of sp³-hybridized carbons (Fsp3) is 0.143. The minimum Gasteiger partial charge on any atom is -0.429 e. The number of benzene rings is 1. The Morgan fingerprint density at radius 1 is 1.46 bits per heavy atom. The maximum absolute atomic E-state index is 10.3. The molecule has 0 bridgehead atoms. The zero-order valence-electron chi connectivity index (χ0n) is 6.71. The van der Waals surface area contributed by atoms with Crippen LogP contribution in [-0.4, -0.2) is 17.6 Å². The number of hydrogen-bond donors (Lipinski definition) is 1. The van der Waals surface area contributed by atoms with E-state index in [1.54, 1.807) is 12.1 Å². The Hall–Kier alpha value is -1.40. The molecular weight excluding hydrogens is 173 g/mol. The second kappa shape index (κ2) is 4.59. The smallest absolute Gasteiger partial charge is 0.429 e. The normalized spacial score (nSPS) is 9.62. The van der Waals surface area contributed by atoms with Crippen LogP contribution < -0.4 is 0 Å². The molecule has 0 unspecified atom stereocenters. The van der Waals surface area contributed by atoms with Crippen LogP contribution >= 0.6 is 0 Å². The lowest BCUT2D eigenvalue weighted by Gasteiger charge is -1.98. The summed E-state index contributed by atoms with van der Waals surface area (Å²) in [6.07, 6.45) is 0. The summed E-state index contributed by atoms with van der Waals surface area (Å²) in [5.41, 5.74) is 0.799. The quantitative estimate of drug-likeness (QED) is 0.419. The number of rotatable bonds is 4. The molecule has 1 rings (SSSR count). The van der Waals surface area contributed by atoms with Crippen molar-refractivity contribution < 1.29 is 14.6 Å². The zero-order valence-corrected chi connectivity index (χ0v) is 6.71. The average molecular weight is 180 g/mol. The fourth-order valence-corrected chi connectivity index (χ4v) is 0.847. The van der Waals surface area contributed by atoms with Crippen LogP contribution in [0.15, 0.2) is 24.3 Å². The summed E-state index contributed by atoms with van der Waals surface area (Å²) in [4.78, 5) is 9.78. The Morgan fingerprint density at radius 3 is 2.54 bits per heavy atom. The first-order chi connectivity index (χ1) is 6.24. The van der Waals surface area contributed by atoms with Crippen molar-refractivity contribution in [3.8, 4) is 0 Å². The maximum Gasteiger partial charge on any atom is 0.485 e. The number of nitro benzene ring substituents is 1. The number of nitro groups is 1. The largest absolute Gasteiger partial charge is 0.485 e. The third-order valence-corrected chi connectivity index (χ3v) is 1.47. The van der Waals surface area contributed by atoms with E-state index in [0.717, 1.165) is 5.56 Å². The van der Waals surface area contributed by atoms with E-state index >= 15 is 0 Å². The lowest BCUT2D eigenvalue weighted by atomic mass is 10.2. The summed E-state index contributed by atoms with van der Waals surface area (Å²) in [7, 11) is 0.585. The molecule has 6 heteroatoms. The van der Waals surface area contributed by atoms with Crippen LogP contribution in [0.3, 0.4) is 0 Å². The van der Waals surface area contributed by atoms with Crippen LogP contribution in [0, 0.1) is 10.1 Å². The first-order valence-electron chi connectivity index (χ1n) is 3.55. The van der Waals surface area contributed by atoms with E-state index in [-0.39, 0.29) is 12.3 Å². The third-order valence-electron chi connectivity index (χ3n) is 1.47. The van der Waals surface area contributed by atoms with Crippen molar-refractivity contribution in [2.45, 2.75) is 6.61 Å². The predicted molar refractivity (Wildman–Crippen MR) is 45.9 cm³/mol. The van der Waals surface area contributed by atoms with Crippen molar-refractivity contribution in [1.82, 2.24) is 0 Å². The fourth-order valence-electron chi connectivity index (χ4n) is 0.847. The van der Waals surface area contributed by atoms with Gasteiger partial charge in [-0.3, -0.25) is 10.1 Å². The molecule has 0 aromatic heterocycles. The van der Waals surface area contributed by atoms with Gasteiger partial charge in [-0.2, -0.15) is 0 Å². The van der Waals surface area contributed by atoms with Crippen LogP contribution in [0.2, 0.25) is 0 Å². The van der Waals surface area contributed by atoms with E-state index in [2.05, 4.69) is 4.65 Å². The molecule has 1 aromatic carbocycles. The van der Waals surface area contributed by atoms with Gasteiger partial charge in [0.1, 0.15) is 0 Å². The molecule has 0 aliphatic carbocycles. The summed E-state index contributed by atoms with van der Waals surface area (Å²) in [6, 6.07) is 5.91. The first-order valence-corrected chi connectivity index (χ1v) is 3.55. The van der Waals surface area contributed by atoms with Gasteiger partial charge in [0, 0.05) is 12.1 Å². The summed E-state index contributed by atoms with van der Waals surface area (Å²) >= 11 is 0. The van der Waals surface area contributed by atoms with Gasteiger partial charge in [0.25, 0.3) is 5.69 Å². The van der Waals surface area contributed by atoms with Crippen molar-refractivity contribution in [3.05, 3.63) is 39.9 Å². The summed E-state index contributed by atoms with van der Waals surface area (Å²) < 4.78 is 4.58. The lowest BCUT2D eigenvalue weighted by Crippen LogP contribution is -1.97. The highest BCUT2D eigenvalue weighted by Crippen LogP contribution is 2.12. The van der Waals surface area contributed by atoms with Crippen molar-refractivity contribution >= 4 is 13.4 Å². The van der Waals surface area contributed by atoms with Crippen molar-refractivity contribution in [2.75, 3.05) is 0 Å². The Labute approximate surface area is 75.4 Å². The van der Waals surface area contributed by atoms with E-state index in [0.29, 0.717) is 7.69 Å². The van der Waals surface area contributed by atoms with Gasteiger partial charge in [0.05, 0.1) is 11.5 Å². The van der Waals surface area contributed by atoms with Gasteiger partial charge in [-0.15, -0.1) is 0 Å². The standard InChI is InChI=1S/C7H7BNO4/c10-8-13-5-6-1-3-7(4-2-6)9(11)12/h1-4,10H,5H2. The van der Waals surface area contributed by atoms with Crippen LogP contribution in [-0.2, 0) is 11.3 Å². The molecule has 13 heavy (non-hydrogen) atoms. The topological polar surface area (TPSA) is 72.6 Å². The van der Waals surface area contributed by atoms with E-state index in [1.165, 1.54) is 12.1 Å². The molecule has 5 nitrogen and oxygen atoms in total. The van der Waals surface area contributed by atoms with E-state index < -0.39 is 4.92 Å². The van der Waals surface area contributed by atoms with Gasteiger partial charge in [-0.1, -0.05) is 0 Å². The monoisotopic (exact) mass is 180 g/mol. The minimum atomic E-state index is -0.469. The van der Waals surface area contributed by atoms with Crippen LogP contribution in [0.1, 0.15) is 5.56 Å². The minimum absolute atomic E-state index is 0.0386. The molecule has 1 N–H and O–H groups in total. The Balaban J connectivity index is 2.64. The summed E-state index contributed by atoms with van der Waals surface area (Å²) in [5.74, 6) is 0. The van der Waals surface area contributed by atoms with Gasteiger partial charge in [0.2, 0.25) is 0 Å². The Bertz CT molecular complexity index is 287. The highest BCUT2D eigenvalue weighted by atomic mass is 16.6. The van der Waals surface area contributed by atoms with Gasteiger partial charge >= 0.3 is 7.69 Å². The molecular formula is C7H7BNO4. The molecule has 1 aromatic rings. The van der Waals surface area contributed by atoms with Crippen LogP contribution in [0.5, 0.6) is 0 Å². The molecule has 0 saturated heterocycles. The Kier molecular flexibility index (Phi) is 3.42. The number of non-ortho nitro benzene ring substituents is 1.